The van der Waals surface area contributed by atoms with E-state index in [0.717, 1.165) is 30.5 Å². The number of fused-ring (bicyclic) bond motifs is 3. The molecule has 2 atom stereocenters. The first-order valence-electron chi connectivity index (χ1n) is 8.00. The normalized spacial score (nSPS) is 22.0. The van der Waals surface area contributed by atoms with Crippen LogP contribution < -0.4 is 0 Å². The average Bonchev–Trinajstić information content (AvgIpc) is 3.33. The minimum Gasteiger partial charge on any atom is -0.336 e. The van der Waals surface area contributed by atoms with Crippen molar-refractivity contribution in [2.24, 2.45) is 5.92 Å². The van der Waals surface area contributed by atoms with Crippen molar-refractivity contribution < 1.29 is 4.79 Å². The predicted molar refractivity (Wildman–Crippen MR) is 94.5 cm³/mol. The number of aryl methyl sites for hydroxylation is 1. The van der Waals surface area contributed by atoms with E-state index in [4.69, 9.17) is 0 Å². The molecule has 1 amide bonds. The standard InChI is InChI=1S/C17H16N4OS2/c1-10-19-14(9-24-10)17(22)20-5-12-6-21-15(11-2-3-23-8-11)4-18-16(21)13(12)7-20/h2-4,8-9,12-13H,5-7H2,1H3/t12-,13-/m0/s1. The average molecular weight is 356 g/mol. The number of thiophene rings is 1. The first-order valence-corrected chi connectivity index (χ1v) is 9.82. The van der Waals surface area contributed by atoms with Crippen LogP contribution in [-0.4, -0.2) is 38.4 Å². The number of likely N-dealkylation sites (tertiary alicyclic amines) is 1. The molecule has 3 aromatic heterocycles. The van der Waals surface area contributed by atoms with Crippen molar-refractivity contribution in [3.8, 4) is 11.3 Å². The van der Waals surface area contributed by atoms with Crippen molar-refractivity contribution in [3.63, 3.8) is 0 Å². The highest BCUT2D eigenvalue weighted by Crippen LogP contribution is 2.41. The van der Waals surface area contributed by atoms with Gasteiger partial charge in [-0.25, -0.2) is 9.97 Å². The van der Waals surface area contributed by atoms with E-state index in [-0.39, 0.29) is 5.91 Å². The lowest BCUT2D eigenvalue weighted by Crippen LogP contribution is -2.30. The molecule has 0 saturated carbocycles. The number of carbonyl (C=O) groups excluding carboxylic acids is 1. The van der Waals surface area contributed by atoms with Gasteiger partial charge in [0.1, 0.15) is 11.5 Å². The van der Waals surface area contributed by atoms with Crippen molar-refractivity contribution in [1.29, 1.82) is 0 Å². The summed E-state index contributed by atoms with van der Waals surface area (Å²) in [4.78, 5) is 23.6. The number of hydrogen-bond acceptors (Lipinski definition) is 5. The van der Waals surface area contributed by atoms with Gasteiger partial charge in [-0.05, 0) is 18.4 Å². The Hall–Kier alpha value is -1.99. The third-order valence-corrected chi connectivity index (χ3v) is 6.48. The number of nitrogens with zero attached hydrogens (tertiary/aromatic N) is 4. The molecule has 0 aliphatic carbocycles. The van der Waals surface area contributed by atoms with Crippen LogP contribution in [0.25, 0.3) is 11.3 Å². The van der Waals surface area contributed by atoms with Crippen LogP contribution in [0.2, 0.25) is 0 Å². The van der Waals surface area contributed by atoms with Gasteiger partial charge in [0.05, 0.1) is 16.9 Å². The highest BCUT2D eigenvalue weighted by atomic mass is 32.1. The van der Waals surface area contributed by atoms with E-state index >= 15 is 0 Å². The van der Waals surface area contributed by atoms with Gasteiger partial charge in [-0.1, -0.05) is 0 Å². The molecule has 122 valence electrons. The van der Waals surface area contributed by atoms with Gasteiger partial charge in [-0.2, -0.15) is 11.3 Å². The zero-order chi connectivity index (χ0) is 16.3. The van der Waals surface area contributed by atoms with Crippen LogP contribution >= 0.6 is 22.7 Å². The highest BCUT2D eigenvalue weighted by molar-refractivity contribution is 7.09. The third-order valence-electron chi connectivity index (χ3n) is 5.02. The maximum Gasteiger partial charge on any atom is 0.273 e. The van der Waals surface area contributed by atoms with Crippen molar-refractivity contribution >= 4 is 28.6 Å². The zero-order valence-electron chi connectivity index (χ0n) is 13.2. The summed E-state index contributed by atoms with van der Waals surface area (Å²) >= 11 is 3.24. The summed E-state index contributed by atoms with van der Waals surface area (Å²) in [5.74, 6) is 2.01. The van der Waals surface area contributed by atoms with E-state index in [1.165, 1.54) is 22.6 Å². The fourth-order valence-corrected chi connectivity index (χ4v) is 5.13. The second-order valence-corrected chi connectivity index (χ2v) is 8.30. The van der Waals surface area contributed by atoms with Crippen LogP contribution in [0.1, 0.15) is 27.2 Å². The van der Waals surface area contributed by atoms with Crippen LogP contribution in [0.4, 0.5) is 0 Å². The number of carbonyl (C=O) groups is 1. The van der Waals surface area contributed by atoms with Crippen LogP contribution in [0.15, 0.2) is 28.4 Å². The lowest BCUT2D eigenvalue weighted by Gasteiger charge is -2.16. The van der Waals surface area contributed by atoms with Gasteiger partial charge >= 0.3 is 0 Å². The Kier molecular flexibility index (Phi) is 3.14. The summed E-state index contributed by atoms with van der Waals surface area (Å²) in [5.41, 5.74) is 3.03. The molecule has 0 N–H and O–H groups in total. The maximum atomic E-state index is 12.6. The summed E-state index contributed by atoms with van der Waals surface area (Å²) in [7, 11) is 0. The molecule has 5 heterocycles. The maximum absolute atomic E-state index is 12.6. The van der Waals surface area contributed by atoms with E-state index in [1.54, 1.807) is 11.3 Å². The first kappa shape index (κ1) is 14.4. The third kappa shape index (κ3) is 2.08. The Labute approximate surface area is 147 Å². The van der Waals surface area contributed by atoms with E-state index in [9.17, 15) is 4.79 Å². The molecule has 0 unspecified atom stereocenters. The van der Waals surface area contributed by atoms with Crippen molar-refractivity contribution in [1.82, 2.24) is 19.4 Å². The van der Waals surface area contributed by atoms with Crippen LogP contribution in [0.5, 0.6) is 0 Å². The van der Waals surface area contributed by atoms with E-state index < -0.39 is 0 Å². The molecule has 2 aliphatic heterocycles. The Morgan fingerprint density at radius 2 is 2.21 bits per heavy atom. The van der Waals surface area contributed by atoms with Gasteiger partial charge < -0.3 is 9.47 Å². The Bertz CT molecular complexity index is 911. The smallest absolute Gasteiger partial charge is 0.273 e. The number of rotatable bonds is 2. The summed E-state index contributed by atoms with van der Waals surface area (Å²) in [6, 6.07) is 2.14. The molecule has 3 aromatic rings. The van der Waals surface area contributed by atoms with Gasteiger partial charge in [0.25, 0.3) is 5.91 Å². The number of thiazole rings is 1. The largest absolute Gasteiger partial charge is 0.336 e. The lowest BCUT2D eigenvalue weighted by atomic mass is 9.99. The molecule has 1 saturated heterocycles. The minimum absolute atomic E-state index is 0.0601. The van der Waals surface area contributed by atoms with Crippen molar-refractivity contribution in [2.75, 3.05) is 13.1 Å². The SMILES string of the molecule is Cc1nc(C(=O)N2C[C@H]3Cn4c(-c5ccsc5)cnc4[C@H]3C2)cs1. The van der Waals surface area contributed by atoms with Gasteiger partial charge in [-0.3, -0.25) is 4.79 Å². The predicted octanol–water partition coefficient (Wildman–Crippen LogP) is 3.25. The molecule has 5 nitrogen and oxygen atoms in total. The topological polar surface area (TPSA) is 51.0 Å². The highest BCUT2D eigenvalue weighted by Gasteiger charge is 2.44. The molecule has 0 aromatic carbocycles. The Balaban J connectivity index is 1.40. The van der Waals surface area contributed by atoms with E-state index in [1.807, 2.05) is 23.4 Å². The van der Waals surface area contributed by atoms with E-state index in [2.05, 4.69) is 31.4 Å². The Morgan fingerprint density at radius 3 is 2.96 bits per heavy atom. The van der Waals surface area contributed by atoms with Gasteiger partial charge in [0.2, 0.25) is 0 Å². The van der Waals surface area contributed by atoms with Gasteiger partial charge in [0.15, 0.2) is 0 Å². The molecule has 24 heavy (non-hydrogen) atoms. The molecular formula is C17H16N4OS2. The summed E-state index contributed by atoms with van der Waals surface area (Å²) in [5, 5.41) is 7.07. The first-order chi connectivity index (χ1) is 11.7. The van der Waals surface area contributed by atoms with Crippen molar-refractivity contribution in [2.45, 2.75) is 19.4 Å². The van der Waals surface area contributed by atoms with E-state index in [0.29, 0.717) is 17.5 Å². The molecular weight excluding hydrogens is 340 g/mol. The second kappa shape index (κ2) is 5.26. The molecule has 0 bridgehead atoms. The van der Waals surface area contributed by atoms with Crippen LogP contribution in [0, 0.1) is 12.8 Å². The monoisotopic (exact) mass is 356 g/mol. The molecule has 0 radical (unpaired) electrons. The summed E-state index contributed by atoms with van der Waals surface area (Å²) < 4.78 is 2.34. The molecule has 5 rings (SSSR count). The summed E-state index contributed by atoms with van der Waals surface area (Å²) in [6.45, 7) is 4.43. The summed E-state index contributed by atoms with van der Waals surface area (Å²) in [6.07, 6.45) is 1.97. The lowest BCUT2D eigenvalue weighted by molar-refractivity contribution is 0.0778. The van der Waals surface area contributed by atoms with Crippen LogP contribution in [-0.2, 0) is 6.54 Å². The fourth-order valence-electron chi connectivity index (χ4n) is 3.89. The Morgan fingerprint density at radius 1 is 1.29 bits per heavy atom. The number of hydrogen-bond donors (Lipinski definition) is 0. The fraction of sp³-hybridized carbons (Fsp3) is 0.353. The zero-order valence-corrected chi connectivity index (χ0v) is 14.8. The molecule has 0 spiro atoms. The molecule has 2 aliphatic rings. The molecule has 1 fully saturated rings. The number of amides is 1. The minimum atomic E-state index is 0.0601. The molecule has 7 heteroatoms. The quantitative estimate of drug-likeness (QED) is 0.708. The number of imidazole rings is 1. The second-order valence-electron chi connectivity index (χ2n) is 6.45. The van der Waals surface area contributed by atoms with Crippen LogP contribution in [0.3, 0.4) is 0 Å². The van der Waals surface area contributed by atoms with Crippen molar-refractivity contribution in [3.05, 3.63) is 44.9 Å². The van der Waals surface area contributed by atoms with Gasteiger partial charge in [0, 0.05) is 47.8 Å². The van der Waals surface area contributed by atoms with Gasteiger partial charge in [-0.15, -0.1) is 11.3 Å². The number of aromatic nitrogens is 3.